The van der Waals surface area contributed by atoms with Crippen LogP contribution in [0, 0.1) is 5.92 Å². The zero-order valence-electron chi connectivity index (χ0n) is 17.1. The summed E-state index contributed by atoms with van der Waals surface area (Å²) in [7, 11) is -5.42. The van der Waals surface area contributed by atoms with Gasteiger partial charge < -0.3 is 30.9 Å². The Labute approximate surface area is 177 Å². The van der Waals surface area contributed by atoms with Crippen LogP contribution in [0.2, 0.25) is 6.32 Å². The van der Waals surface area contributed by atoms with E-state index in [1.807, 2.05) is 0 Å². The number of rotatable bonds is 10. The van der Waals surface area contributed by atoms with E-state index in [0.29, 0.717) is 32.5 Å². The molecule has 0 spiro atoms. The van der Waals surface area contributed by atoms with Gasteiger partial charge in [-0.05, 0) is 32.0 Å². The summed E-state index contributed by atoms with van der Waals surface area (Å²) < 4.78 is 35.4. The minimum atomic E-state index is -3.93. The van der Waals surface area contributed by atoms with Gasteiger partial charge in [0.2, 0.25) is 0 Å². The number of carbonyl (C=O) groups is 1. The van der Waals surface area contributed by atoms with E-state index in [2.05, 4.69) is 5.32 Å². The van der Waals surface area contributed by atoms with Crippen LogP contribution in [-0.4, -0.2) is 102 Å². The second kappa shape index (κ2) is 9.78. The zero-order chi connectivity index (χ0) is 21.9. The molecule has 172 valence electrons. The molecule has 0 saturated carbocycles. The molecule has 0 aliphatic carbocycles. The van der Waals surface area contributed by atoms with Crippen molar-refractivity contribution in [2.45, 2.75) is 56.1 Å². The van der Waals surface area contributed by atoms with Gasteiger partial charge in [0.15, 0.2) is 0 Å². The summed E-state index contributed by atoms with van der Waals surface area (Å²) >= 11 is 0. The van der Waals surface area contributed by atoms with Gasteiger partial charge in [0, 0.05) is 45.2 Å². The van der Waals surface area contributed by atoms with Gasteiger partial charge in [0.25, 0.3) is 10.2 Å². The second-order valence-electron chi connectivity index (χ2n) is 8.62. The Hall–Kier alpha value is -0.795. The van der Waals surface area contributed by atoms with Crippen LogP contribution in [0.4, 0.5) is 0 Å². The zero-order valence-corrected chi connectivity index (χ0v) is 18.0. The molecular formula is C17H33BN4O7S. The molecule has 0 aromatic heterocycles. The predicted octanol–water partition coefficient (Wildman–Crippen LogP) is -1.96. The Morgan fingerprint density at radius 1 is 1.33 bits per heavy atom. The number of carboxylic acid groups (broad SMARTS) is 1. The minimum Gasteiger partial charge on any atom is -0.480 e. The van der Waals surface area contributed by atoms with Gasteiger partial charge in [0.1, 0.15) is 5.54 Å². The first-order valence-corrected chi connectivity index (χ1v) is 12.0. The largest absolute Gasteiger partial charge is 0.480 e. The summed E-state index contributed by atoms with van der Waals surface area (Å²) in [4.78, 5) is 11.9. The summed E-state index contributed by atoms with van der Waals surface area (Å²) in [6, 6.07) is -0.193. The molecule has 3 heterocycles. The van der Waals surface area contributed by atoms with Crippen LogP contribution < -0.4 is 11.1 Å². The lowest BCUT2D eigenvalue weighted by atomic mass is 9.78. The molecule has 0 radical (unpaired) electrons. The average Bonchev–Trinajstić information content (AvgIpc) is 2.99. The van der Waals surface area contributed by atoms with Crippen molar-refractivity contribution < 1.29 is 33.1 Å². The molecule has 0 aromatic carbocycles. The predicted molar refractivity (Wildman–Crippen MR) is 110 cm³/mol. The number of nitrogens with one attached hydrogen (secondary N) is 1. The Morgan fingerprint density at radius 3 is 2.60 bits per heavy atom. The third-order valence-electron chi connectivity index (χ3n) is 6.45. The molecule has 3 fully saturated rings. The summed E-state index contributed by atoms with van der Waals surface area (Å²) in [5.41, 5.74) is 4.46. The number of nitrogens with zero attached hydrogens (tertiary/aromatic N) is 2. The van der Waals surface area contributed by atoms with Gasteiger partial charge in [-0.3, -0.25) is 4.79 Å². The standard InChI is InChI=1S/C17H33BN4O7S/c19-17(16(23)24)12-21(10-13(17)4-3-6-18(25)26)30(27,28)22(14-8-20-9-14)11-15-5-1-2-7-29-15/h13-15,20,25-26H,1-12,19H2,(H,23,24)/t13-,15?,17-/m0/s1. The number of hydrogen-bond acceptors (Lipinski definition) is 8. The van der Waals surface area contributed by atoms with E-state index < -0.39 is 34.8 Å². The fourth-order valence-corrected chi connectivity index (χ4v) is 6.34. The SMILES string of the molecule is N[C@@]1(C(=O)O)CN(S(=O)(=O)N(CC2CCCCO2)C2CNC2)C[C@@H]1CCCB(O)O. The van der Waals surface area contributed by atoms with Gasteiger partial charge in [-0.15, -0.1) is 0 Å². The van der Waals surface area contributed by atoms with Crippen molar-refractivity contribution in [3.05, 3.63) is 0 Å². The molecular weight excluding hydrogens is 415 g/mol. The highest BCUT2D eigenvalue weighted by Crippen LogP contribution is 2.34. The highest BCUT2D eigenvalue weighted by atomic mass is 32.2. The first-order chi connectivity index (χ1) is 14.1. The molecule has 1 unspecified atom stereocenters. The first kappa shape index (κ1) is 23.9. The van der Waals surface area contributed by atoms with Crippen LogP contribution in [0.15, 0.2) is 0 Å². The molecule has 3 aliphatic rings. The van der Waals surface area contributed by atoms with Crippen LogP contribution in [0.1, 0.15) is 32.1 Å². The number of aliphatic carboxylic acids is 1. The van der Waals surface area contributed by atoms with Crippen molar-refractivity contribution in [3.63, 3.8) is 0 Å². The van der Waals surface area contributed by atoms with E-state index in [0.717, 1.165) is 19.3 Å². The quantitative estimate of drug-likeness (QED) is 0.239. The summed E-state index contributed by atoms with van der Waals surface area (Å²) in [5.74, 6) is -1.86. The second-order valence-corrected chi connectivity index (χ2v) is 10.5. The molecule has 3 saturated heterocycles. The van der Waals surface area contributed by atoms with Crippen molar-refractivity contribution in [2.24, 2.45) is 11.7 Å². The van der Waals surface area contributed by atoms with E-state index in [-0.39, 0.29) is 38.1 Å². The van der Waals surface area contributed by atoms with Crippen LogP contribution in [0.25, 0.3) is 0 Å². The number of hydrogen-bond donors (Lipinski definition) is 5. The molecule has 13 heteroatoms. The molecule has 6 N–H and O–H groups in total. The van der Waals surface area contributed by atoms with Crippen LogP contribution in [0.5, 0.6) is 0 Å². The number of nitrogens with two attached hydrogens (primary N) is 1. The fourth-order valence-electron chi connectivity index (χ4n) is 4.42. The van der Waals surface area contributed by atoms with Gasteiger partial charge in [-0.2, -0.15) is 17.0 Å². The highest BCUT2D eigenvalue weighted by Gasteiger charge is 2.54. The molecule has 3 atom stereocenters. The van der Waals surface area contributed by atoms with Crippen LogP contribution in [0.3, 0.4) is 0 Å². The van der Waals surface area contributed by atoms with E-state index in [1.165, 1.54) is 8.61 Å². The normalized spacial score (nSPS) is 31.1. The van der Waals surface area contributed by atoms with Crippen molar-refractivity contribution in [1.82, 2.24) is 13.9 Å². The van der Waals surface area contributed by atoms with Gasteiger partial charge in [-0.1, -0.05) is 6.42 Å². The molecule has 0 amide bonds. The molecule has 3 rings (SSSR count). The Balaban J connectivity index is 1.75. The summed E-state index contributed by atoms with van der Waals surface area (Å²) in [5, 5.41) is 30.9. The molecule has 3 aliphatic heterocycles. The first-order valence-electron chi connectivity index (χ1n) is 10.6. The maximum atomic E-state index is 13.5. The van der Waals surface area contributed by atoms with Gasteiger partial charge >= 0.3 is 13.1 Å². The maximum Gasteiger partial charge on any atom is 0.451 e. The van der Waals surface area contributed by atoms with E-state index in [9.17, 15) is 18.3 Å². The monoisotopic (exact) mass is 448 g/mol. The molecule has 0 bridgehead atoms. The summed E-state index contributed by atoms with van der Waals surface area (Å²) in [6.45, 7) is 1.65. The molecule has 11 nitrogen and oxygen atoms in total. The number of ether oxygens (including phenoxy) is 1. The van der Waals surface area contributed by atoms with Crippen molar-refractivity contribution >= 4 is 23.3 Å². The Kier molecular flexibility index (Phi) is 7.78. The highest BCUT2D eigenvalue weighted by molar-refractivity contribution is 7.86. The third-order valence-corrected chi connectivity index (χ3v) is 8.42. The smallest absolute Gasteiger partial charge is 0.451 e. The lowest BCUT2D eigenvalue weighted by Crippen LogP contribution is -2.63. The Bertz CT molecular complexity index is 702. The lowest BCUT2D eigenvalue weighted by molar-refractivity contribution is -0.144. The lowest BCUT2D eigenvalue weighted by Gasteiger charge is -2.41. The van der Waals surface area contributed by atoms with Crippen LogP contribution in [-0.2, 0) is 19.7 Å². The van der Waals surface area contributed by atoms with Crippen molar-refractivity contribution in [3.8, 4) is 0 Å². The molecule has 30 heavy (non-hydrogen) atoms. The third kappa shape index (κ3) is 5.15. The number of carboxylic acids is 1. The minimum absolute atomic E-state index is 0.00513. The van der Waals surface area contributed by atoms with E-state index >= 15 is 0 Å². The fraction of sp³-hybridized carbons (Fsp3) is 0.941. The van der Waals surface area contributed by atoms with E-state index in [4.69, 9.17) is 20.5 Å². The topological polar surface area (TPSA) is 166 Å². The van der Waals surface area contributed by atoms with E-state index in [1.54, 1.807) is 0 Å². The van der Waals surface area contributed by atoms with Crippen molar-refractivity contribution in [2.75, 3.05) is 39.3 Å². The maximum absolute atomic E-state index is 13.5. The molecule has 0 aromatic rings. The van der Waals surface area contributed by atoms with Gasteiger partial charge in [-0.25, -0.2) is 0 Å². The summed E-state index contributed by atoms with van der Waals surface area (Å²) in [6.07, 6.45) is 3.32. The van der Waals surface area contributed by atoms with Gasteiger partial charge in [0.05, 0.1) is 12.1 Å². The Morgan fingerprint density at radius 2 is 2.07 bits per heavy atom. The average molecular weight is 448 g/mol. The van der Waals surface area contributed by atoms with Crippen LogP contribution >= 0.6 is 0 Å². The van der Waals surface area contributed by atoms with Crippen molar-refractivity contribution in [1.29, 1.82) is 0 Å².